The molecule has 0 aliphatic carbocycles. The topological polar surface area (TPSA) is 61.9 Å². The van der Waals surface area contributed by atoms with Crippen LogP contribution in [0, 0.1) is 17.4 Å². The first-order valence-electron chi connectivity index (χ1n) is 7.44. The number of hydrogen-bond donors (Lipinski definition) is 0. The summed E-state index contributed by atoms with van der Waals surface area (Å²) >= 11 is 2.24. The summed E-state index contributed by atoms with van der Waals surface area (Å²) in [6, 6.07) is 11.8. The summed E-state index contributed by atoms with van der Waals surface area (Å²) in [6.45, 7) is 4.42. The smallest absolute Gasteiger partial charge is 0.368 e. The van der Waals surface area contributed by atoms with Crippen molar-refractivity contribution in [2.75, 3.05) is 0 Å². The SMILES string of the molecule is Cc1ccc(OCc2c(I)cccc2-n2nnn(C)c2=O)c(C)c1. The van der Waals surface area contributed by atoms with Crippen molar-refractivity contribution < 1.29 is 4.74 Å². The molecule has 124 valence electrons. The molecule has 3 aromatic rings. The first-order valence-corrected chi connectivity index (χ1v) is 8.52. The van der Waals surface area contributed by atoms with E-state index in [0.717, 1.165) is 20.4 Å². The minimum Gasteiger partial charge on any atom is -0.489 e. The van der Waals surface area contributed by atoms with E-state index in [1.54, 1.807) is 7.05 Å². The van der Waals surface area contributed by atoms with Gasteiger partial charge >= 0.3 is 5.69 Å². The lowest BCUT2D eigenvalue weighted by Gasteiger charge is -2.13. The number of benzene rings is 2. The van der Waals surface area contributed by atoms with Gasteiger partial charge in [-0.3, -0.25) is 0 Å². The van der Waals surface area contributed by atoms with Crippen LogP contribution in [0.15, 0.2) is 41.2 Å². The van der Waals surface area contributed by atoms with E-state index in [-0.39, 0.29) is 5.69 Å². The fourth-order valence-corrected chi connectivity index (χ4v) is 3.10. The lowest BCUT2D eigenvalue weighted by atomic mass is 10.1. The van der Waals surface area contributed by atoms with Gasteiger partial charge in [-0.25, -0.2) is 4.79 Å². The average Bonchev–Trinajstić information content (AvgIpc) is 2.87. The van der Waals surface area contributed by atoms with E-state index in [0.29, 0.717) is 12.3 Å². The number of aryl methyl sites for hydroxylation is 3. The van der Waals surface area contributed by atoms with Crippen molar-refractivity contribution in [1.29, 1.82) is 0 Å². The Labute approximate surface area is 153 Å². The number of aromatic nitrogens is 4. The molecule has 3 rings (SSSR count). The van der Waals surface area contributed by atoms with Gasteiger partial charge < -0.3 is 4.74 Å². The largest absolute Gasteiger partial charge is 0.489 e. The van der Waals surface area contributed by atoms with Crippen LogP contribution < -0.4 is 10.4 Å². The molecule has 0 spiro atoms. The van der Waals surface area contributed by atoms with Crippen LogP contribution in [0.25, 0.3) is 5.69 Å². The quantitative estimate of drug-likeness (QED) is 0.591. The summed E-state index contributed by atoms with van der Waals surface area (Å²) in [7, 11) is 1.57. The predicted molar refractivity (Wildman–Crippen MR) is 99.6 cm³/mol. The Hall–Kier alpha value is -2.16. The average molecular weight is 436 g/mol. The summed E-state index contributed by atoms with van der Waals surface area (Å²) in [5.74, 6) is 0.831. The van der Waals surface area contributed by atoms with Gasteiger partial charge in [0.1, 0.15) is 12.4 Å². The molecule has 0 amide bonds. The van der Waals surface area contributed by atoms with Crippen LogP contribution in [-0.4, -0.2) is 19.8 Å². The molecule has 0 atom stereocenters. The molecule has 0 aliphatic rings. The third-order valence-corrected chi connectivity index (χ3v) is 4.76. The number of rotatable bonds is 4. The van der Waals surface area contributed by atoms with E-state index in [2.05, 4.69) is 46.0 Å². The molecule has 1 heterocycles. The van der Waals surface area contributed by atoms with Crippen LogP contribution in [-0.2, 0) is 13.7 Å². The molecule has 0 aliphatic heterocycles. The van der Waals surface area contributed by atoms with E-state index in [4.69, 9.17) is 4.74 Å². The van der Waals surface area contributed by atoms with Crippen molar-refractivity contribution in [1.82, 2.24) is 19.8 Å². The minimum atomic E-state index is -0.287. The van der Waals surface area contributed by atoms with E-state index in [1.165, 1.54) is 14.9 Å². The fourth-order valence-electron chi connectivity index (χ4n) is 2.46. The zero-order valence-corrected chi connectivity index (χ0v) is 15.8. The number of tetrazole rings is 1. The first-order chi connectivity index (χ1) is 11.5. The molecule has 2 aromatic carbocycles. The Kier molecular flexibility index (Phi) is 4.70. The van der Waals surface area contributed by atoms with Gasteiger partial charge in [-0.1, -0.05) is 23.8 Å². The second kappa shape index (κ2) is 6.76. The lowest BCUT2D eigenvalue weighted by Crippen LogP contribution is -2.23. The summed E-state index contributed by atoms with van der Waals surface area (Å²) in [5, 5.41) is 7.71. The highest BCUT2D eigenvalue weighted by Crippen LogP contribution is 2.24. The van der Waals surface area contributed by atoms with Crippen molar-refractivity contribution >= 4 is 22.6 Å². The zero-order chi connectivity index (χ0) is 17.3. The second-order valence-electron chi connectivity index (χ2n) is 5.59. The fraction of sp³-hybridized carbons (Fsp3) is 0.235. The standard InChI is InChI=1S/C17H17IN4O2/c1-11-7-8-16(12(2)9-11)24-10-13-14(18)5-4-6-15(13)22-17(23)21(3)19-20-22/h4-9H,10H2,1-3H3. The Morgan fingerprint density at radius 1 is 1.17 bits per heavy atom. The third-order valence-electron chi connectivity index (χ3n) is 3.75. The molecule has 0 unspecified atom stereocenters. The molecular weight excluding hydrogens is 419 g/mol. The maximum absolute atomic E-state index is 12.2. The van der Waals surface area contributed by atoms with E-state index in [1.807, 2.05) is 37.3 Å². The molecule has 0 fully saturated rings. The van der Waals surface area contributed by atoms with Crippen LogP contribution >= 0.6 is 22.6 Å². The van der Waals surface area contributed by atoms with Crippen molar-refractivity contribution in [2.45, 2.75) is 20.5 Å². The van der Waals surface area contributed by atoms with Crippen LogP contribution in [0.2, 0.25) is 0 Å². The molecule has 0 saturated carbocycles. The lowest BCUT2D eigenvalue weighted by molar-refractivity contribution is 0.302. The highest BCUT2D eigenvalue weighted by Gasteiger charge is 2.14. The predicted octanol–water partition coefficient (Wildman–Crippen LogP) is 2.77. The maximum Gasteiger partial charge on any atom is 0.368 e. The van der Waals surface area contributed by atoms with Crippen LogP contribution in [0.5, 0.6) is 5.75 Å². The molecule has 0 bridgehead atoms. The van der Waals surface area contributed by atoms with Gasteiger partial charge in [0.2, 0.25) is 0 Å². The summed E-state index contributed by atoms with van der Waals surface area (Å²) in [4.78, 5) is 12.2. The molecule has 1 aromatic heterocycles. The van der Waals surface area contributed by atoms with Gasteiger partial charge in [-0.15, -0.1) is 0 Å². The highest BCUT2D eigenvalue weighted by atomic mass is 127. The summed E-state index contributed by atoms with van der Waals surface area (Å²) in [5.41, 5.74) is 3.58. The van der Waals surface area contributed by atoms with Crippen molar-refractivity contribution in [3.05, 3.63) is 67.1 Å². The van der Waals surface area contributed by atoms with Gasteiger partial charge in [0.05, 0.1) is 5.69 Å². The van der Waals surface area contributed by atoms with Crippen molar-refractivity contribution in [2.24, 2.45) is 7.05 Å². The van der Waals surface area contributed by atoms with Gasteiger partial charge in [-0.05, 0) is 70.6 Å². The molecule has 0 saturated heterocycles. The Morgan fingerprint density at radius 2 is 1.96 bits per heavy atom. The Balaban J connectivity index is 1.96. The number of hydrogen-bond acceptors (Lipinski definition) is 4. The van der Waals surface area contributed by atoms with Gasteiger partial charge in [-0.2, -0.15) is 9.36 Å². The molecule has 0 N–H and O–H groups in total. The summed E-state index contributed by atoms with van der Waals surface area (Å²) < 4.78 is 9.50. The van der Waals surface area contributed by atoms with E-state index in [9.17, 15) is 4.79 Å². The highest BCUT2D eigenvalue weighted by molar-refractivity contribution is 14.1. The zero-order valence-electron chi connectivity index (χ0n) is 13.7. The molecule has 6 nitrogen and oxygen atoms in total. The number of nitrogens with zero attached hydrogens (tertiary/aromatic N) is 4. The number of halogens is 1. The second-order valence-corrected chi connectivity index (χ2v) is 6.75. The minimum absolute atomic E-state index is 0.287. The summed E-state index contributed by atoms with van der Waals surface area (Å²) in [6.07, 6.45) is 0. The van der Waals surface area contributed by atoms with Crippen LogP contribution in [0.1, 0.15) is 16.7 Å². The van der Waals surface area contributed by atoms with Crippen molar-refractivity contribution in [3.63, 3.8) is 0 Å². The molecule has 7 heteroatoms. The van der Waals surface area contributed by atoms with Crippen LogP contribution in [0.4, 0.5) is 0 Å². The van der Waals surface area contributed by atoms with Crippen molar-refractivity contribution in [3.8, 4) is 11.4 Å². The Bertz CT molecular complexity index is 946. The Morgan fingerprint density at radius 3 is 2.62 bits per heavy atom. The normalized spacial score (nSPS) is 10.8. The van der Waals surface area contributed by atoms with Gasteiger partial charge in [0, 0.05) is 16.2 Å². The molecule has 0 radical (unpaired) electrons. The molecule has 24 heavy (non-hydrogen) atoms. The first kappa shape index (κ1) is 16.7. The molecular formula is C17H17IN4O2. The monoisotopic (exact) mass is 436 g/mol. The maximum atomic E-state index is 12.2. The van der Waals surface area contributed by atoms with Gasteiger partial charge in [0.15, 0.2) is 0 Å². The van der Waals surface area contributed by atoms with E-state index >= 15 is 0 Å². The van der Waals surface area contributed by atoms with Crippen LogP contribution in [0.3, 0.4) is 0 Å². The van der Waals surface area contributed by atoms with E-state index < -0.39 is 0 Å². The van der Waals surface area contributed by atoms with Gasteiger partial charge in [0.25, 0.3) is 0 Å². The number of ether oxygens (including phenoxy) is 1. The third kappa shape index (κ3) is 3.21.